The molecule has 2 aromatic rings. The lowest BCUT2D eigenvalue weighted by atomic mass is 9.84. The van der Waals surface area contributed by atoms with Gasteiger partial charge in [-0.2, -0.15) is 4.52 Å². The molecule has 2 aliphatic rings. The van der Waals surface area contributed by atoms with Crippen LogP contribution in [0, 0.1) is 11.8 Å². The van der Waals surface area contributed by atoms with E-state index in [0.717, 1.165) is 48.6 Å². The molecule has 6 nitrogen and oxygen atoms in total. The molecule has 0 saturated carbocycles. The van der Waals surface area contributed by atoms with Crippen LogP contribution in [-0.4, -0.2) is 46.0 Å². The Balaban J connectivity index is 1.48. The van der Waals surface area contributed by atoms with Crippen LogP contribution in [0.5, 0.6) is 0 Å². The van der Waals surface area contributed by atoms with Crippen LogP contribution in [0.3, 0.4) is 0 Å². The number of nitrogens with zero attached hydrogens (tertiary/aromatic N) is 5. The van der Waals surface area contributed by atoms with E-state index in [9.17, 15) is 0 Å². The molecular weight excluding hydrogens is 276 g/mol. The van der Waals surface area contributed by atoms with Crippen molar-refractivity contribution in [3.8, 4) is 0 Å². The van der Waals surface area contributed by atoms with Gasteiger partial charge in [0.1, 0.15) is 5.82 Å². The second-order valence-electron chi connectivity index (χ2n) is 6.51. The van der Waals surface area contributed by atoms with Crippen LogP contribution in [-0.2, 0) is 6.42 Å². The Hall–Kier alpha value is -1.69. The Bertz CT molecular complexity index is 637. The Morgan fingerprint density at radius 3 is 2.73 bits per heavy atom. The van der Waals surface area contributed by atoms with Crippen LogP contribution in [0.15, 0.2) is 12.1 Å². The van der Waals surface area contributed by atoms with Gasteiger partial charge in [-0.3, -0.25) is 0 Å². The summed E-state index contributed by atoms with van der Waals surface area (Å²) >= 11 is 0. The third kappa shape index (κ3) is 2.45. The molecule has 0 aliphatic carbocycles. The average molecular weight is 300 g/mol. The third-order valence-electron chi connectivity index (χ3n) is 5.26. The highest BCUT2D eigenvalue weighted by molar-refractivity contribution is 5.46. The van der Waals surface area contributed by atoms with Crippen LogP contribution in [0.4, 0.5) is 5.82 Å². The fraction of sp³-hybridized carbons (Fsp3) is 0.688. The first-order valence-electron chi connectivity index (χ1n) is 8.52. The predicted molar refractivity (Wildman–Crippen MR) is 86.1 cm³/mol. The van der Waals surface area contributed by atoms with Crippen LogP contribution in [0.1, 0.15) is 32.0 Å². The number of fused-ring (bicyclic) bond motifs is 1. The minimum atomic E-state index is 0.840. The maximum absolute atomic E-state index is 4.76. The third-order valence-corrected chi connectivity index (χ3v) is 5.26. The van der Waals surface area contributed by atoms with Gasteiger partial charge in [-0.15, -0.1) is 15.3 Å². The van der Waals surface area contributed by atoms with Gasteiger partial charge < -0.3 is 10.2 Å². The first-order chi connectivity index (χ1) is 10.8. The van der Waals surface area contributed by atoms with E-state index in [1.807, 2.05) is 10.6 Å². The van der Waals surface area contributed by atoms with E-state index in [4.69, 9.17) is 5.10 Å². The number of aromatic nitrogens is 4. The van der Waals surface area contributed by atoms with E-state index in [1.165, 1.54) is 32.4 Å². The minimum Gasteiger partial charge on any atom is -0.355 e. The molecule has 1 atom stereocenters. The van der Waals surface area contributed by atoms with Crippen molar-refractivity contribution in [3.63, 3.8) is 0 Å². The molecule has 118 valence electrons. The second kappa shape index (κ2) is 5.83. The van der Waals surface area contributed by atoms with E-state index in [0.29, 0.717) is 0 Å². The van der Waals surface area contributed by atoms with Gasteiger partial charge in [0.15, 0.2) is 11.5 Å². The summed E-state index contributed by atoms with van der Waals surface area (Å²) in [5.74, 6) is 3.77. The summed E-state index contributed by atoms with van der Waals surface area (Å²) in [4.78, 5) is 2.41. The zero-order valence-electron chi connectivity index (χ0n) is 13.2. The molecule has 6 heteroatoms. The lowest BCUT2D eigenvalue weighted by Gasteiger charge is -2.35. The molecule has 0 aromatic carbocycles. The molecule has 4 rings (SSSR count). The quantitative estimate of drug-likeness (QED) is 0.931. The molecule has 0 spiro atoms. The van der Waals surface area contributed by atoms with E-state index in [2.05, 4.69) is 33.4 Å². The van der Waals surface area contributed by atoms with Gasteiger partial charge in [-0.1, -0.05) is 6.92 Å². The summed E-state index contributed by atoms with van der Waals surface area (Å²) in [6.07, 6.45) is 4.79. The monoisotopic (exact) mass is 300 g/mol. The van der Waals surface area contributed by atoms with Gasteiger partial charge in [0.25, 0.3) is 0 Å². The van der Waals surface area contributed by atoms with E-state index >= 15 is 0 Å². The van der Waals surface area contributed by atoms with Crippen molar-refractivity contribution >= 4 is 11.5 Å². The Morgan fingerprint density at radius 1 is 1.14 bits per heavy atom. The molecule has 2 fully saturated rings. The average Bonchev–Trinajstić information content (AvgIpc) is 3.24. The van der Waals surface area contributed by atoms with Gasteiger partial charge >= 0.3 is 0 Å². The van der Waals surface area contributed by atoms with Crippen molar-refractivity contribution in [3.05, 3.63) is 18.0 Å². The van der Waals surface area contributed by atoms with Crippen molar-refractivity contribution in [2.75, 3.05) is 31.1 Å². The molecule has 0 amide bonds. The first-order valence-corrected chi connectivity index (χ1v) is 8.52. The maximum atomic E-state index is 4.76. The van der Waals surface area contributed by atoms with Gasteiger partial charge in [-0.25, -0.2) is 0 Å². The largest absolute Gasteiger partial charge is 0.355 e. The van der Waals surface area contributed by atoms with E-state index in [-0.39, 0.29) is 0 Å². The molecule has 0 radical (unpaired) electrons. The molecule has 22 heavy (non-hydrogen) atoms. The van der Waals surface area contributed by atoms with Crippen molar-refractivity contribution in [1.82, 2.24) is 25.1 Å². The van der Waals surface area contributed by atoms with Crippen molar-refractivity contribution in [2.45, 2.75) is 32.6 Å². The topological polar surface area (TPSA) is 58.4 Å². The van der Waals surface area contributed by atoms with E-state index in [1.54, 1.807) is 0 Å². The number of aryl methyl sites for hydroxylation is 1. The summed E-state index contributed by atoms with van der Waals surface area (Å²) < 4.78 is 1.89. The van der Waals surface area contributed by atoms with Gasteiger partial charge in [-0.05, 0) is 56.3 Å². The number of nitrogens with one attached hydrogen (secondary N) is 1. The van der Waals surface area contributed by atoms with Gasteiger partial charge in [0, 0.05) is 19.5 Å². The highest BCUT2D eigenvalue weighted by atomic mass is 15.4. The standard InChI is InChI=1S/C16H24N6/c1-2-14-18-19-15-3-4-16(20-22(14)15)21-9-6-12(7-10-21)13-5-8-17-11-13/h3-4,12-13,17H,2,5-11H2,1H3. The maximum Gasteiger partial charge on any atom is 0.178 e. The van der Waals surface area contributed by atoms with Crippen LogP contribution in [0.2, 0.25) is 0 Å². The zero-order valence-corrected chi connectivity index (χ0v) is 13.2. The van der Waals surface area contributed by atoms with Crippen LogP contribution < -0.4 is 10.2 Å². The second-order valence-corrected chi connectivity index (χ2v) is 6.51. The number of rotatable bonds is 3. The molecular formula is C16H24N6. The number of piperidine rings is 1. The molecule has 0 bridgehead atoms. The smallest absolute Gasteiger partial charge is 0.178 e. The molecule has 1 N–H and O–H groups in total. The fourth-order valence-electron chi connectivity index (χ4n) is 3.89. The SMILES string of the molecule is CCc1nnc2ccc(N3CCC(C4CCNC4)CC3)nn12. The lowest BCUT2D eigenvalue weighted by Crippen LogP contribution is -2.37. The summed E-state index contributed by atoms with van der Waals surface area (Å²) in [7, 11) is 0. The van der Waals surface area contributed by atoms with Crippen LogP contribution >= 0.6 is 0 Å². The molecule has 2 aromatic heterocycles. The zero-order chi connectivity index (χ0) is 14.9. The summed E-state index contributed by atoms with van der Waals surface area (Å²) in [5.41, 5.74) is 0.840. The summed E-state index contributed by atoms with van der Waals surface area (Å²) in [6, 6.07) is 4.11. The number of anilines is 1. The number of hydrogen-bond donors (Lipinski definition) is 1. The Kier molecular flexibility index (Phi) is 3.70. The summed E-state index contributed by atoms with van der Waals surface area (Å²) in [6.45, 7) is 6.74. The predicted octanol–water partition coefficient (Wildman–Crippen LogP) is 1.51. The fourth-order valence-corrected chi connectivity index (χ4v) is 3.89. The van der Waals surface area contributed by atoms with Crippen molar-refractivity contribution < 1.29 is 0 Å². The highest BCUT2D eigenvalue weighted by Gasteiger charge is 2.29. The molecule has 2 aliphatic heterocycles. The summed E-state index contributed by atoms with van der Waals surface area (Å²) in [5, 5.41) is 16.6. The van der Waals surface area contributed by atoms with Crippen LogP contribution in [0.25, 0.3) is 5.65 Å². The highest BCUT2D eigenvalue weighted by Crippen LogP contribution is 2.30. The number of hydrogen-bond acceptors (Lipinski definition) is 5. The van der Waals surface area contributed by atoms with Crippen molar-refractivity contribution in [2.24, 2.45) is 11.8 Å². The van der Waals surface area contributed by atoms with Crippen molar-refractivity contribution in [1.29, 1.82) is 0 Å². The minimum absolute atomic E-state index is 0.840. The molecule has 2 saturated heterocycles. The lowest BCUT2D eigenvalue weighted by molar-refractivity contribution is 0.291. The van der Waals surface area contributed by atoms with Gasteiger partial charge in [0.2, 0.25) is 0 Å². The first kappa shape index (κ1) is 13.9. The van der Waals surface area contributed by atoms with E-state index < -0.39 is 0 Å². The van der Waals surface area contributed by atoms with Gasteiger partial charge in [0.05, 0.1) is 0 Å². The normalized spacial score (nSPS) is 23.5. The Labute approximate surface area is 130 Å². The molecule has 1 unspecified atom stereocenters. The molecule has 4 heterocycles. The Morgan fingerprint density at radius 2 is 2.00 bits per heavy atom.